The lowest BCUT2D eigenvalue weighted by atomic mass is 10.1. The highest BCUT2D eigenvalue weighted by molar-refractivity contribution is 5.93. The molecule has 0 aliphatic heterocycles. The molecule has 10 nitrogen and oxygen atoms in total. The summed E-state index contributed by atoms with van der Waals surface area (Å²) in [7, 11) is 1.72. The van der Waals surface area contributed by atoms with Crippen LogP contribution in [0.25, 0.3) is 33.5 Å². The minimum atomic E-state index is -0.678. The van der Waals surface area contributed by atoms with Crippen molar-refractivity contribution in [1.82, 2.24) is 35.2 Å². The lowest BCUT2D eigenvalue weighted by Crippen LogP contribution is -2.29. The SMILES string of the molecule is CC(NC(=O)Oc1c[nH]c2ncc(-c3nn(C)c4cc(F)ccc34)nc12)c1ccon1. The Hall–Kier alpha value is -4.28. The van der Waals surface area contributed by atoms with E-state index in [4.69, 9.17) is 9.26 Å². The molecule has 2 N–H and O–H groups in total. The molecule has 0 radical (unpaired) electrons. The number of halogens is 1. The van der Waals surface area contributed by atoms with Gasteiger partial charge in [-0.25, -0.2) is 19.2 Å². The van der Waals surface area contributed by atoms with E-state index >= 15 is 0 Å². The molecule has 1 unspecified atom stereocenters. The lowest BCUT2D eigenvalue weighted by Gasteiger charge is -2.10. The minimum Gasteiger partial charge on any atom is -0.406 e. The van der Waals surface area contributed by atoms with Gasteiger partial charge in [0.2, 0.25) is 0 Å². The molecule has 1 aromatic carbocycles. The number of carbonyl (C=O) groups is 1. The van der Waals surface area contributed by atoms with Crippen LogP contribution in [0.3, 0.4) is 0 Å². The first-order valence-electron chi connectivity index (χ1n) is 9.35. The number of aromatic nitrogens is 6. The molecule has 0 spiro atoms. The molecular weight excluding hydrogens is 405 g/mol. The van der Waals surface area contributed by atoms with Gasteiger partial charge in [0.15, 0.2) is 16.9 Å². The van der Waals surface area contributed by atoms with Crippen LogP contribution in [-0.4, -0.2) is 36.0 Å². The summed E-state index contributed by atoms with van der Waals surface area (Å²) in [5.41, 5.74) is 3.01. The molecule has 0 fully saturated rings. The number of nitrogens with zero attached hydrogens (tertiary/aromatic N) is 5. The molecule has 11 heteroatoms. The fourth-order valence-corrected chi connectivity index (χ4v) is 3.31. The average Bonchev–Trinajstić information content (AvgIpc) is 3.48. The summed E-state index contributed by atoms with van der Waals surface area (Å²) in [5, 5.41) is 11.6. The standard InChI is InChI=1S/C20H16FN7O3/c1-10(13-5-6-30-27-13)24-20(29)31-16-9-23-19-18(16)25-14(8-22-19)17-12-4-3-11(21)7-15(12)28(2)26-17/h3-10H,1-2H3,(H,22,23)(H,24,29). The van der Waals surface area contributed by atoms with Crippen LogP contribution in [0.4, 0.5) is 9.18 Å². The number of amides is 1. The minimum absolute atomic E-state index is 0.209. The quantitative estimate of drug-likeness (QED) is 0.455. The second-order valence-corrected chi connectivity index (χ2v) is 6.92. The molecule has 1 atom stereocenters. The predicted molar refractivity (Wildman–Crippen MR) is 108 cm³/mol. The van der Waals surface area contributed by atoms with Crippen LogP contribution in [0, 0.1) is 5.82 Å². The normalized spacial score (nSPS) is 12.4. The van der Waals surface area contributed by atoms with Gasteiger partial charge in [0.25, 0.3) is 0 Å². The van der Waals surface area contributed by atoms with Gasteiger partial charge in [-0.05, 0) is 25.1 Å². The van der Waals surface area contributed by atoms with Crippen molar-refractivity contribution >= 4 is 28.2 Å². The molecular formula is C20H16FN7O3. The number of hydrogen-bond acceptors (Lipinski definition) is 7. The van der Waals surface area contributed by atoms with Crippen molar-refractivity contribution in [2.45, 2.75) is 13.0 Å². The molecule has 156 valence electrons. The Morgan fingerprint density at radius 2 is 2.23 bits per heavy atom. The zero-order chi connectivity index (χ0) is 21.5. The molecule has 31 heavy (non-hydrogen) atoms. The van der Waals surface area contributed by atoms with E-state index in [9.17, 15) is 9.18 Å². The van der Waals surface area contributed by atoms with Gasteiger partial charge in [0, 0.05) is 24.7 Å². The van der Waals surface area contributed by atoms with Crippen molar-refractivity contribution in [3.63, 3.8) is 0 Å². The van der Waals surface area contributed by atoms with Crippen molar-refractivity contribution < 1.29 is 18.4 Å². The fraction of sp³-hybridized carbons (Fsp3) is 0.150. The van der Waals surface area contributed by atoms with E-state index in [2.05, 4.69) is 30.5 Å². The Bertz CT molecular complexity index is 1410. The Morgan fingerprint density at radius 3 is 3.03 bits per heavy atom. The van der Waals surface area contributed by atoms with Gasteiger partial charge in [-0.1, -0.05) is 5.16 Å². The van der Waals surface area contributed by atoms with Crippen LogP contribution in [-0.2, 0) is 7.05 Å². The first-order chi connectivity index (χ1) is 15.0. The summed E-state index contributed by atoms with van der Waals surface area (Å²) < 4.78 is 25.4. The van der Waals surface area contributed by atoms with Crippen molar-refractivity contribution in [3.8, 4) is 17.1 Å². The summed E-state index contributed by atoms with van der Waals surface area (Å²) in [6, 6.07) is 5.66. The largest absolute Gasteiger partial charge is 0.413 e. The van der Waals surface area contributed by atoms with Gasteiger partial charge >= 0.3 is 6.09 Å². The van der Waals surface area contributed by atoms with Crippen LogP contribution in [0.15, 0.2) is 47.4 Å². The monoisotopic (exact) mass is 421 g/mol. The third-order valence-corrected chi connectivity index (χ3v) is 4.84. The van der Waals surface area contributed by atoms with Gasteiger partial charge in [-0.15, -0.1) is 0 Å². The summed E-state index contributed by atoms with van der Waals surface area (Å²) in [6.07, 6.45) is 3.80. The predicted octanol–water partition coefficient (Wildman–Crippen LogP) is 3.49. The topological polar surface area (TPSA) is 124 Å². The van der Waals surface area contributed by atoms with Crippen LogP contribution in [0.5, 0.6) is 5.75 Å². The third kappa shape index (κ3) is 3.35. The Kier molecular flexibility index (Phi) is 4.35. The number of rotatable bonds is 4. The molecule has 0 saturated carbocycles. The van der Waals surface area contributed by atoms with E-state index in [1.165, 1.54) is 24.6 Å². The highest BCUT2D eigenvalue weighted by atomic mass is 19.1. The second kappa shape index (κ2) is 7.20. The van der Waals surface area contributed by atoms with Gasteiger partial charge in [0.1, 0.15) is 29.2 Å². The molecule has 0 aliphatic carbocycles. The molecule has 1 amide bonds. The van der Waals surface area contributed by atoms with E-state index in [-0.39, 0.29) is 11.6 Å². The summed E-state index contributed by atoms with van der Waals surface area (Å²) in [6.45, 7) is 1.75. The maximum Gasteiger partial charge on any atom is 0.413 e. The Balaban J connectivity index is 1.46. The molecule has 0 aliphatic rings. The van der Waals surface area contributed by atoms with E-state index in [1.54, 1.807) is 37.0 Å². The molecule has 5 rings (SSSR count). The highest BCUT2D eigenvalue weighted by Gasteiger charge is 2.19. The van der Waals surface area contributed by atoms with Gasteiger partial charge in [-0.2, -0.15) is 5.10 Å². The smallest absolute Gasteiger partial charge is 0.406 e. The number of carbonyl (C=O) groups excluding carboxylic acids is 1. The van der Waals surface area contributed by atoms with E-state index < -0.39 is 12.1 Å². The molecule has 0 bridgehead atoms. The van der Waals surface area contributed by atoms with E-state index in [1.807, 2.05) is 0 Å². The van der Waals surface area contributed by atoms with Gasteiger partial charge in [0.05, 0.1) is 17.8 Å². The van der Waals surface area contributed by atoms with Crippen LogP contribution in [0.1, 0.15) is 18.7 Å². The summed E-state index contributed by atoms with van der Waals surface area (Å²) in [4.78, 5) is 24.2. The second-order valence-electron chi connectivity index (χ2n) is 6.92. The number of nitrogens with one attached hydrogen (secondary N) is 2. The van der Waals surface area contributed by atoms with Crippen molar-refractivity contribution in [3.05, 3.63) is 54.4 Å². The van der Waals surface area contributed by atoms with Gasteiger partial charge < -0.3 is 19.6 Å². The Labute approximate surface area is 174 Å². The third-order valence-electron chi connectivity index (χ3n) is 4.84. The molecule has 5 aromatic rings. The molecule has 4 heterocycles. The van der Waals surface area contributed by atoms with Crippen molar-refractivity contribution in [2.75, 3.05) is 0 Å². The van der Waals surface area contributed by atoms with Crippen molar-refractivity contribution in [1.29, 1.82) is 0 Å². The van der Waals surface area contributed by atoms with Crippen LogP contribution in [0.2, 0.25) is 0 Å². The number of hydrogen-bond donors (Lipinski definition) is 2. The van der Waals surface area contributed by atoms with E-state index in [0.717, 1.165) is 5.39 Å². The lowest BCUT2D eigenvalue weighted by molar-refractivity contribution is 0.197. The molecule has 0 saturated heterocycles. The van der Waals surface area contributed by atoms with Crippen molar-refractivity contribution in [2.24, 2.45) is 7.05 Å². The zero-order valence-corrected chi connectivity index (χ0v) is 16.5. The van der Waals surface area contributed by atoms with Gasteiger partial charge in [-0.3, -0.25) is 4.68 Å². The average molecular weight is 421 g/mol. The van der Waals surface area contributed by atoms with E-state index in [0.29, 0.717) is 33.8 Å². The van der Waals surface area contributed by atoms with Crippen LogP contribution < -0.4 is 10.1 Å². The summed E-state index contributed by atoms with van der Waals surface area (Å²) in [5.74, 6) is -0.142. The zero-order valence-electron chi connectivity index (χ0n) is 16.5. The number of aromatic amines is 1. The number of benzene rings is 1. The number of H-pyrrole nitrogens is 1. The van der Waals surface area contributed by atoms with Crippen LogP contribution >= 0.6 is 0 Å². The number of ether oxygens (including phenoxy) is 1. The Morgan fingerprint density at radius 1 is 1.35 bits per heavy atom. The maximum absolute atomic E-state index is 13.6. The first-order valence-corrected chi connectivity index (χ1v) is 9.35. The number of fused-ring (bicyclic) bond motifs is 2. The first kappa shape index (κ1) is 18.7. The maximum atomic E-state index is 13.6. The number of aryl methyl sites for hydroxylation is 1. The molecule has 4 aromatic heterocycles. The highest BCUT2D eigenvalue weighted by Crippen LogP contribution is 2.30. The summed E-state index contributed by atoms with van der Waals surface area (Å²) >= 11 is 0. The fourth-order valence-electron chi connectivity index (χ4n) is 3.31.